The van der Waals surface area contributed by atoms with Crippen LogP contribution in [0.25, 0.3) is 0 Å². The number of carbonyl (C=O) groups is 2. The highest BCUT2D eigenvalue weighted by atomic mass is 35.5. The van der Waals surface area contributed by atoms with E-state index in [0.29, 0.717) is 34.4 Å². The molecule has 2 aromatic carbocycles. The normalized spacial score (nSPS) is 10.1. The molecule has 0 fully saturated rings. The maximum Gasteiger partial charge on any atom is 0.269 e. The molecule has 0 unspecified atom stereocenters. The van der Waals surface area contributed by atoms with Gasteiger partial charge in [-0.1, -0.05) is 40.9 Å². The van der Waals surface area contributed by atoms with Crippen LogP contribution in [-0.2, 0) is 4.79 Å². The van der Waals surface area contributed by atoms with Crippen LogP contribution >= 0.6 is 35.4 Å². The van der Waals surface area contributed by atoms with Crippen molar-refractivity contribution >= 4 is 52.3 Å². The molecule has 2 aromatic rings. The molecule has 148 valence electrons. The molecular weight excluding hydrogens is 421 g/mol. The molecular formula is C19H19Cl2N3O3S. The third kappa shape index (κ3) is 7.34. The topological polar surface area (TPSA) is 79.5 Å². The van der Waals surface area contributed by atoms with Crippen LogP contribution in [0.15, 0.2) is 42.5 Å². The van der Waals surface area contributed by atoms with E-state index in [2.05, 4.69) is 16.2 Å². The molecule has 9 heteroatoms. The second kappa shape index (κ2) is 10.8. The van der Waals surface area contributed by atoms with Gasteiger partial charge in [-0.05, 0) is 55.9 Å². The van der Waals surface area contributed by atoms with Crippen LogP contribution in [0.5, 0.6) is 5.75 Å². The number of carbonyl (C=O) groups excluding carboxylic acids is 2. The lowest BCUT2D eigenvalue weighted by Crippen LogP contribution is -2.48. The summed E-state index contributed by atoms with van der Waals surface area (Å²) in [7, 11) is 0. The lowest BCUT2D eigenvalue weighted by Gasteiger charge is -2.11. The van der Waals surface area contributed by atoms with Crippen molar-refractivity contribution in [1.82, 2.24) is 16.2 Å². The van der Waals surface area contributed by atoms with Crippen LogP contribution in [0.3, 0.4) is 0 Å². The Labute approximate surface area is 178 Å². The summed E-state index contributed by atoms with van der Waals surface area (Å²) in [5.74, 6) is -0.149. The Hall–Kier alpha value is -2.35. The number of hydrogen-bond donors (Lipinski definition) is 3. The first kappa shape index (κ1) is 21.9. The van der Waals surface area contributed by atoms with E-state index >= 15 is 0 Å². The molecule has 6 nitrogen and oxygen atoms in total. The van der Waals surface area contributed by atoms with Gasteiger partial charge in [-0.25, -0.2) is 0 Å². The van der Waals surface area contributed by atoms with Gasteiger partial charge in [0.2, 0.25) is 5.91 Å². The molecule has 0 bridgehead atoms. The minimum Gasteiger partial charge on any atom is -0.492 e. The van der Waals surface area contributed by atoms with Gasteiger partial charge in [0.1, 0.15) is 5.75 Å². The van der Waals surface area contributed by atoms with Crippen LogP contribution in [-0.4, -0.2) is 23.5 Å². The van der Waals surface area contributed by atoms with Crippen molar-refractivity contribution in [3.8, 4) is 5.75 Å². The molecule has 0 aromatic heterocycles. The molecule has 28 heavy (non-hydrogen) atoms. The summed E-state index contributed by atoms with van der Waals surface area (Å²) < 4.78 is 5.51. The Morgan fingerprint density at radius 1 is 1.11 bits per heavy atom. The van der Waals surface area contributed by atoms with Gasteiger partial charge < -0.3 is 10.1 Å². The zero-order chi connectivity index (χ0) is 20.5. The van der Waals surface area contributed by atoms with Crippen molar-refractivity contribution in [3.05, 3.63) is 63.6 Å². The van der Waals surface area contributed by atoms with Crippen molar-refractivity contribution in [2.75, 3.05) is 6.61 Å². The van der Waals surface area contributed by atoms with Crippen LogP contribution in [0.1, 0.15) is 28.8 Å². The van der Waals surface area contributed by atoms with Gasteiger partial charge in [-0.3, -0.25) is 20.4 Å². The first-order valence-electron chi connectivity index (χ1n) is 8.40. The molecule has 0 heterocycles. The van der Waals surface area contributed by atoms with E-state index in [4.69, 9.17) is 40.2 Å². The minimum absolute atomic E-state index is 0.00710. The Morgan fingerprint density at radius 2 is 1.89 bits per heavy atom. The van der Waals surface area contributed by atoms with E-state index in [0.717, 1.165) is 5.56 Å². The molecule has 3 N–H and O–H groups in total. The average molecular weight is 440 g/mol. The molecule has 2 amide bonds. The molecule has 0 saturated heterocycles. The Morgan fingerprint density at radius 3 is 2.61 bits per heavy atom. The van der Waals surface area contributed by atoms with E-state index < -0.39 is 0 Å². The largest absolute Gasteiger partial charge is 0.492 e. The zero-order valence-corrected chi connectivity index (χ0v) is 17.4. The van der Waals surface area contributed by atoms with Crippen LogP contribution < -0.4 is 20.9 Å². The molecule has 0 aliphatic carbocycles. The van der Waals surface area contributed by atoms with Crippen LogP contribution in [0.4, 0.5) is 0 Å². The number of amides is 2. The minimum atomic E-state index is -0.353. The third-order valence-corrected chi connectivity index (χ3v) is 4.26. The fourth-order valence-corrected chi connectivity index (χ4v) is 2.83. The molecule has 2 rings (SSSR count). The molecule has 0 aliphatic heterocycles. The van der Waals surface area contributed by atoms with E-state index in [1.54, 1.807) is 36.4 Å². The van der Waals surface area contributed by atoms with E-state index in [-0.39, 0.29) is 23.3 Å². The van der Waals surface area contributed by atoms with Crippen molar-refractivity contribution in [2.24, 2.45) is 0 Å². The lowest BCUT2D eigenvalue weighted by molar-refractivity contribution is -0.119. The molecule has 0 atom stereocenters. The van der Waals surface area contributed by atoms with E-state index in [1.165, 1.54) is 0 Å². The number of aryl methyl sites for hydroxylation is 1. The van der Waals surface area contributed by atoms with Crippen molar-refractivity contribution in [3.63, 3.8) is 0 Å². The Balaban J connectivity index is 1.65. The number of ether oxygens (including phenoxy) is 1. The summed E-state index contributed by atoms with van der Waals surface area (Å²) in [5.41, 5.74) is 6.38. The van der Waals surface area contributed by atoms with Gasteiger partial charge >= 0.3 is 0 Å². The van der Waals surface area contributed by atoms with Gasteiger partial charge in [0.05, 0.1) is 11.6 Å². The van der Waals surface area contributed by atoms with Crippen molar-refractivity contribution in [2.45, 2.75) is 19.8 Å². The Kier molecular flexibility index (Phi) is 8.50. The number of hydrazine groups is 1. The predicted molar refractivity (Wildman–Crippen MR) is 114 cm³/mol. The molecule has 0 aliphatic rings. The summed E-state index contributed by atoms with van der Waals surface area (Å²) in [4.78, 5) is 23.9. The highest BCUT2D eigenvalue weighted by molar-refractivity contribution is 7.80. The SMILES string of the molecule is Cc1cccc(C(=O)NNC(=S)NC(=O)CCCOc2ccc(Cl)cc2Cl)c1. The summed E-state index contributed by atoms with van der Waals surface area (Å²) in [6.45, 7) is 2.19. The predicted octanol–water partition coefficient (Wildman–Crippen LogP) is 3.80. The monoisotopic (exact) mass is 439 g/mol. The van der Waals surface area contributed by atoms with Gasteiger partial charge in [-0.2, -0.15) is 0 Å². The van der Waals surface area contributed by atoms with Crippen LogP contribution in [0.2, 0.25) is 10.0 Å². The highest BCUT2D eigenvalue weighted by Crippen LogP contribution is 2.27. The van der Waals surface area contributed by atoms with Gasteiger partial charge in [0.25, 0.3) is 5.91 Å². The standard InChI is InChI=1S/C19H19Cl2N3O3S/c1-12-4-2-5-13(10-12)18(26)23-24-19(28)22-17(25)6-3-9-27-16-8-7-14(20)11-15(16)21/h2,4-5,7-8,10-11H,3,6,9H2,1H3,(H,23,26)(H2,22,24,25,28). The van der Waals surface area contributed by atoms with Crippen LogP contribution in [0, 0.1) is 6.92 Å². The number of hydrogen-bond acceptors (Lipinski definition) is 4. The quantitative estimate of drug-likeness (QED) is 0.362. The molecule has 0 radical (unpaired) electrons. The lowest BCUT2D eigenvalue weighted by atomic mass is 10.1. The number of rotatable bonds is 6. The first-order chi connectivity index (χ1) is 13.3. The average Bonchev–Trinajstić information content (AvgIpc) is 2.64. The summed E-state index contributed by atoms with van der Waals surface area (Å²) >= 11 is 16.8. The van der Waals surface area contributed by atoms with Crippen molar-refractivity contribution in [1.29, 1.82) is 0 Å². The maximum atomic E-state index is 12.0. The highest BCUT2D eigenvalue weighted by Gasteiger charge is 2.08. The molecule has 0 saturated carbocycles. The summed E-state index contributed by atoms with van der Waals surface area (Å²) in [6, 6.07) is 12.0. The van der Waals surface area contributed by atoms with E-state index in [1.807, 2.05) is 13.0 Å². The first-order valence-corrected chi connectivity index (χ1v) is 9.56. The molecule has 0 spiro atoms. The second-order valence-corrected chi connectivity index (χ2v) is 7.10. The number of benzene rings is 2. The maximum absolute atomic E-state index is 12.0. The van der Waals surface area contributed by atoms with Gasteiger partial charge in [0, 0.05) is 17.0 Å². The summed E-state index contributed by atoms with van der Waals surface area (Å²) in [6.07, 6.45) is 0.655. The third-order valence-electron chi connectivity index (χ3n) is 3.52. The number of nitrogens with one attached hydrogen (secondary N) is 3. The van der Waals surface area contributed by atoms with Gasteiger partial charge in [0.15, 0.2) is 5.11 Å². The zero-order valence-electron chi connectivity index (χ0n) is 15.1. The van der Waals surface area contributed by atoms with Gasteiger partial charge in [-0.15, -0.1) is 0 Å². The van der Waals surface area contributed by atoms with E-state index in [9.17, 15) is 9.59 Å². The second-order valence-electron chi connectivity index (χ2n) is 5.85. The van der Waals surface area contributed by atoms with Crippen molar-refractivity contribution < 1.29 is 14.3 Å². The fourth-order valence-electron chi connectivity index (χ4n) is 2.20. The number of thiocarbonyl (C=S) groups is 1. The Bertz CT molecular complexity index is 877. The summed E-state index contributed by atoms with van der Waals surface area (Å²) in [5, 5.41) is 3.42. The smallest absolute Gasteiger partial charge is 0.269 e. The number of halogens is 2. The fraction of sp³-hybridized carbons (Fsp3) is 0.211.